The molecule has 0 saturated carbocycles. The van der Waals surface area contributed by atoms with Crippen molar-refractivity contribution in [2.24, 2.45) is 11.8 Å². The molecule has 0 aliphatic heterocycles. The van der Waals surface area contributed by atoms with Crippen LogP contribution in [0.2, 0.25) is 0 Å². The van der Waals surface area contributed by atoms with Crippen molar-refractivity contribution >= 4 is 5.97 Å². The van der Waals surface area contributed by atoms with Gasteiger partial charge in [-0.15, -0.1) is 0 Å². The maximum absolute atomic E-state index is 12.5. The molecule has 0 radical (unpaired) electrons. The Balaban J connectivity index is 2.37. The molecule has 25 heavy (non-hydrogen) atoms. The Kier molecular flexibility index (Phi) is 6.77. The summed E-state index contributed by atoms with van der Waals surface area (Å²) >= 11 is 0. The van der Waals surface area contributed by atoms with Crippen molar-refractivity contribution < 1.29 is 9.53 Å². The summed E-state index contributed by atoms with van der Waals surface area (Å²) < 4.78 is 5.11. The van der Waals surface area contributed by atoms with Gasteiger partial charge in [0.15, 0.2) is 0 Å². The van der Waals surface area contributed by atoms with Gasteiger partial charge in [-0.25, -0.2) is 0 Å². The second-order valence-electron chi connectivity index (χ2n) is 6.98. The third-order valence-corrected chi connectivity index (χ3v) is 4.72. The van der Waals surface area contributed by atoms with Crippen LogP contribution in [0.1, 0.15) is 49.5 Å². The summed E-state index contributed by atoms with van der Waals surface area (Å²) in [6.07, 6.45) is 0. The lowest BCUT2D eigenvalue weighted by molar-refractivity contribution is -0.148. The summed E-state index contributed by atoms with van der Waals surface area (Å²) in [6.45, 7) is 8.33. The second-order valence-corrected chi connectivity index (χ2v) is 6.98. The third kappa shape index (κ3) is 4.93. The van der Waals surface area contributed by atoms with Gasteiger partial charge in [-0.3, -0.25) is 4.79 Å². The summed E-state index contributed by atoms with van der Waals surface area (Å²) in [5, 5.41) is 3.66. The van der Waals surface area contributed by atoms with Crippen LogP contribution in [0.3, 0.4) is 0 Å². The van der Waals surface area contributed by atoms with Crippen LogP contribution in [0.5, 0.6) is 0 Å². The molecular formula is C22H29NO2. The fraction of sp³-hybridized carbons (Fsp3) is 0.409. The number of hydrogen-bond donors (Lipinski definition) is 1. The van der Waals surface area contributed by atoms with Gasteiger partial charge in [-0.05, 0) is 30.9 Å². The van der Waals surface area contributed by atoms with Crippen LogP contribution in [0, 0.1) is 18.8 Å². The van der Waals surface area contributed by atoms with Gasteiger partial charge in [0.25, 0.3) is 0 Å². The van der Waals surface area contributed by atoms with E-state index in [1.807, 2.05) is 18.2 Å². The summed E-state index contributed by atoms with van der Waals surface area (Å²) in [5.74, 6) is -0.263. The normalized spacial score (nSPS) is 14.8. The van der Waals surface area contributed by atoms with E-state index >= 15 is 0 Å². The first kappa shape index (κ1) is 19.2. The Morgan fingerprint density at radius 3 is 2.04 bits per heavy atom. The van der Waals surface area contributed by atoms with Crippen molar-refractivity contribution in [2.45, 2.75) is 39.8 Å². The third-order valence-electron chi connectivity index (χ3n) is 4.72. The van der Waals surface area contributed by atoms with E-state index in [0.717, 1.165) is 5.56 Å². The number of methoxy groups -OCH3 is 1. The molecular weight excluding hydrogens is 310 g/mol. The molecule has 0 heterocycles. The van der Waals surface area contributed by atoms with Crippen molar-refractivity contribution in [1.29, 1.82) is 0 Å². The van der Waals surface area contributed by atoms with Gasteiger partial charge in [0, 0.05) is 12.1 Å². The molecule has 0 fully saturated rings. The minimum absolute atomic E-state index is 0.108. The lowest BCUT2D eigenvalue weighted by Crippen LogP contribution is -2.38. The average molecular weight is 339 g/mol. The van der Waals surface area contributed by atoms with Crippen molar-refractivity contribution in [1.82, 2.24) is 5.32 Å². The molecule has 3 heteroatoms. The van der Waals surface area contributed by atoms with Gasteiger partial charge in [0.05, 0.1) is 13.0 Å². The van der Waals surface area contributed by atoms with E-state index in [4.69, 9.17) is 4.74 Å². The number of carbonyl (C=O) groups is 1. The standard InChI is InChI=1S/C22H29NO2/c1-15(2)20(22(24)25-5)21(19-13-11-16(3)12-14-19)23-17(4)18-9-7-6-8-10-18/h6-15,17,20-21,23H,1-5H3/t17-,20+,21-/m1/s1. The van der Waals surface area contributed by atoms with Crippen molar-refractivity contribution in [3.05, 3.63) is 71.3 Å². The van der Waals surface area contributed by atoms with Crippen LogP contribution in [0.4, 0.5) is 0 Å². The van der Waals surface area contributed by atoms with E-state index < -0.39 is 0 Å². The van der Waals surface area contributed by atoms with Crippen molar-refractivity contribution in [3.63, 3.8) is 0 Å². The van der Waals surface area contributed by atoms with Crippen LogP contribution < -0.4 is 5.32 Å². The SMILES string of the molecule is COC(=O)[C@@H](C(C)C)[C@H](N[C@H](C)c1ccccc1)c1ccc(C)cc1. The topological polar surface area (TPSA) is 38.3 Å². The number of esters is 1. The second kappa shape index (κ2) is 8.82. The van der Waals surface area contributed by atoms with Crippen LogP contribution in [-0.4, -0.2) is 13.1 Å². The Morgan fingerprint density at radius 2 is 1.52 bits per heavy atom. The fourth-order valence-corrected chi connectivity index (χ4v) is 3.22. The highest BCUT2D eigenvalue weighted by Crippen LogP contribution is 2.32. The molecule has 0 aromatic heterocycles. The zero-order chi connectivity index (χ0) is 18.4. The molecule has 3 nitrogen and oxygen atoms in total. The first-order chi connectivity index (χ1) is 11.9. The van der Waals surface area contributed by atoms with Gasteiger partial charge in [-0.1, -0.05) is 74.0 Å². The number of aryl methyl sites for hydroxylation is 1. The number of nitrogens with one attached hydrogen (secondary N) is 1. The van der Waals surface area contributed by atoms with Crippen molar-refractivity contribution in [2.75, 3.05) is 7.11 Å². The first-order valence-corrected chi connectivity index (χ1v) is 8.89. The minimum Gasteiger partial charge on any atom is -0.469 e. The summed E-state index contributed by atoms with van der Waals surface area (Å²) in [5.41, 5.74) is 3.52. The zero-order valence-electron chi connectivity index (χ0n) is 15.8. The van der Waals surface area contributed by atoms with E-state index in [9.17, 15) is 4.79 Å². The lowest BCUT2D eigenvalue weighted by atomic mass is 9.83. The summed E-state index contributed by atoms with van der Waals surface area (Å²) in [7, 11) is 1.46. The van der Waals surface area contributed by atoms with E-state index in [2.05, 4.69) is 69.4 Å². The van der Waals surface area contributed by atoms with Crippen LogP contribution >= 0.6 is 0 Å². The number of benzene rings is 2. The van der Waals surface area contributed by atoms with Crippen LogP contribution in [0.25, 0.3) is 0 Å². The minimum atomic E-state index is -0.251. The zero-order valence-corrected chi connectivity index (χ0v) is 15.8. The predicted octanol–water partition coefficient (Wildman–Crippen LogP) is 4.83. The smallest absolute Gasteiger partial charge is 0.310 e. The van der Waals surface area contributed by atoms with Gasteiger partial charge in [0.1, 0.15) is 0 Å². The van der Waals surface area contributed by atoms with Crippen LogP contribution in [-0.2, 0) is 9.53 Å². The number of hydrogen-bond acceptors (Lipinski definition) is 3. The quantitative estimate of drug-likeness (QED) is 0.734. The molecule has 0 aliphatic rings. The van der Waals surface area contributed by atoms with E-state index in [-0.39, 0.29) is 29.9 Å². The molecule has 2 aromatic carbocycles. The lowest BCUT2D eigenvalue weighted by Gasteiger charge is -2.32. The molecule has 0 amide bonds. The maximum Gasteiger partial charge on any atom is 0.310 e. The van der Waals surface area contributed by atoms with E-state index in [1.54, 1.807) is 0 Å². The Bertz CT molecular complexity index is 664. The van der Waals surface area contributed by atoms with E-state index in [0.29, 0.717) is 0 Å². The highest BCUT2D eigenvalue weighted by Gasteiger charge is 2.34. The number of carbonyl (C=O) groups excluding carboxylic acids is 1. The summed E-state index contributed by atoms with van der Waals surface area (Å²) in [6, 6.07) is 18.7. The number of ether oxygens (including phenoxy) is 1. The average Bonchev–Trinajstić information content (AvgIpc) is 2.62. The van der Waals surface area contributed by atoms with Gasteiger partial charge in [-0.2, -0.15) is 0 Å². The Labute approximate surface area is 151 Å². The molecule has 0 aliphatic carbocycles. The molecule has 0 bridgehead atoms. The molecule has 0 unspecified atom stereocenters. The molecule has 0 saturated heterocycles. The molecule has 0 spiro atoms. The highest BCUT2D eigenvalue weighted by molar-refractivity contribution is 5.73. The van der Waals surface area contributed by atoms with Gasteiger partial charge in [0.2, 0.25) is 0 Å². The fourth-order valence-electron chi connectivity index (χ4n) is 3.22. The Hall–Kier alpha value is -2.13. The van der Waals surface area contributed by atoms with Crippen LogP contribution in [0.15, 0.2) is 54.6 Å². The highest BCUT2D eigenvalue weighted by atomic mass is 16.5. The molecule has 3 atom stereocenters. The number of rotatable bonds is 7. The van der Waals surface area contributed by atoms with Gasteiger partial charge < -0.3 is 10.1 Å². The maximum atomic E-state index is 12.5. The predicted molar refractivity (Wildman–Crippen MR) is 102 cm³/mol. The largest absolute Gasteiger partial charge is 0.469 e. The molecule has 1 N–H and O–H groups in total. The molecule has 134 valence electrons. The first-order valence-electron chi connectivity index (χ1n) is 8.89. The monoisotopic (exact) mass is 339 g/mol. The molecule has 2 rings (SSSR count). The van der Waals surface area contributed by atoms with E-state index in [1.165, 1.54) is 18.2 Å². The van der Waals surface area contributed by atoms with Crippen molar-refractivity contribution in [3.8, 4) is 0 Å². The Morgan fingerprint density at radius 1 is 0.920 bits per heavy atom. The summed E-state index contributed by atoms with van der Waals surface area (Å²) in [4.78, 5) is 12.5. The van der Waals surface area contributed by atoms with Gasteiger partial charge >= 0.3 is 5.97 Å². The molecule has 2 aromatic rings.